The van der Waals surface area contributed by atoms with Crippen LogP contribution in [0.2, 0.25) is 5.02 Å². The van der Waals surface area contributed by atoms with Crippen LogP contribution < -0.4 is 5.73 Å². The van der Waals surface area contributed by atoms with Gasteiger partial charge in [0.25, 0.3) is 0 Å². The molecule has 0 radical (unpaired) electrons. The summed E-state index contributed by atoms with van der Waals surface area (Å²) in [5.41, 5.74) is 5.58. The van der Waals surface area contributed by atoms with Gasteiger partial charge in [0, 0.05) is 17.6 Å². The minimum absolute atomic E-state index is 0.128. The third kappa shape index (κ3) is 2.97. The highest BCUT2D eigenvalue weighted by Gasteiger charge is 2.39. The van der Waals surface area contributed by atoms with Crippen LogP contribution in [-0.2, 0) is 10.0 Å². The van der Waals surface area contributed by atoms with Crippen molar-refractivity contribution >= 4 is 37.6 Å². The largest absolute Gasteiger partial charge is 0.330 e. The lowest BCUT2D eigenvalue weighted by molar-refractivity contribution is 0.349. The lowest BCUT2D eigenvalue weighted by atomic mass is 9.90. The second-order valence-corrected chi connectivity index (χ2v) is 8.38. The average molecular weight is 368 g/mol. The molecule has 0 spiro atoms. The van der Waals surface area contributed by atoms with Crippen molar-refractivity contribution in [2.45, 2.75) is 18.2 Å². The molecule has 0 amide bonds. The fourth-order valence-electron chi connectivity index (χ4n) is 2.14. The van der Waals surface area contributed by atoms with E-state index in [1.165, 1.54) is 16.4 Å². The Labute approximate surface area is 127 Å². The van der Waals surface area contributed by atoms with Gasteiger partial charge in [0.1, 0.15) is 0 Å². The number of sulfonamides is 1. The molecule has 1 fully saturated rings. The van der Waals surface area contributed by atoms with Crippen molar-refractivity contribution in [1.82, 2.24) is 4.31 Å². The molecule has 4 nitrogen and oxygen atoms in total. The Morgan fingerprint density at radius 3 is 2.74 bits per heavy atom. The Hall–Kier alpha value is -0.140. The van der Waals surface area contributed by atoms with E-state index in [0.717, 1.165) is 6.42 Å². The number of benzene rings is 1. The van der Waals surface area contributed by atoms with E-state index in [4.69, 9.17) is 17.3 Å². The molecule has 0 saturated carbocycles. The van der Waals surface area contributed by atoms with Crippen molar-refractivity contribution < 1.29 is 8.42 Å². The van der Waals surface area contributed by atoms with Crippen LogP contribution in [0.3, 0.4) is 0 Å². The maximum atomic E-state index is 12.5. The summed E-state index contributed by atoms with van der Waals surface area (Å²) in [5, 5.41) is 0.493. The van der Waals surface area contributed by atoms with Gasteiger partial charge >= 0.3 is 0 Å². The maximum absolute atomic E-state index is 12.5. The van der Waals surface area contributed by atoms with Gasteiger partial charge in [0.2, 0.25) is 10.0 Å². The van der Waals surface area contributed by atoms with Gasteiger partial charge in [0.05, 0.1) is 9.92 Å². The van der Waals surface area contributed by atoms with E-state index in [-0.39, 0.29) is 10.3 Å². The highest BCUT2D eigenvalue weighted by Crippen LogP contribution is 2.34. The molecule has 2 N–H and O–H groups in total. The Morgan fingerprint density at radius 1 is 1.53 bits per heavy atom. The van der Waals surface area contributed by atoms with E-state index in [1.54, 1.807) is 6.07 Å². The molecule has 1 saturated heterocycles. The van der Waals surface area contributed by atoms with Crippen LogP contribution in [0.25, 0.3) is 0 Å². The van der Waals surface area contributed by atoms with E-state index < -0.39 is 10.0 Å². The Bertz CT molecular complexity index is 593. The fraction of sp³-hybridized carbons (Fsp3) is 0.500. The molecule has 1 aliphatic rings. The first-order chi connectivity index (χ1) is 8.78. The van der Waals surface area contributed by atoms with Crippen LogP contribution in [0.5, 0.6) is 0 Å². The molecule has 1 unspecified atom stereocenters. The first-order valence-electron chi connectivity index (χ1n) is 5.94. The summed E-state index contributed by atoms with van der Waals surface area (Å²) in [6, 6.07) is 4.65. The van der Waals surface area contributed by atoms with Crippen molar-refractivity contribution in [3.63, 3.8) is 0 Å². The van der Waals surface area contributed by atoms with E-state index in [1.807, 2.05) is 6.92 Å². The smallest absolute Gasteiger partial charge is 0.243 e. The average Bonchev–Trinajstić information content (AvgIpc) is 2.77. The quantitative estimate of drug-likeness (QED) is 0.892. The van der Waals surface area contributed by atoms with Gasteiger partial charge in [-0.2, -0.15) is 4.31 Å². The van der Waals surface area contributed by atoms with Crippen LogP contribution >= 0.6 is 27.5 Å². The number of hydrogen-bond acceptors (Lipinski definition) is 3. The molecule has 1 aromatic carbocycles. The predicted molar refractivity (Wildman–Crippen MR) is 79.7 cm³/mol. The molecular weight excluding hydrogens is 352 g/mol. The van der Waals surface area contributed by atoms with Crippen LogP contribution in [0.1, 0.15) is 13.3 Å². The molecule has 19 heavy (non-hydrogen) atoms. The van der Waals surface area contributed by atoms with Crippen molar-refractivity contribution in [2.75, 3.05) is 19.6 Å². The molecule has 0 aliphatic carbocycles. The monoisotopic (exact) mass is 366 g/mol. The molecule has 7 heteroatoms. The summed E-state index contributed by atoms with van der Waals surface area (Å²) in [5.74, 6) is 0. The molecule has 1 atom stereocenters. The molecule has 0 aromatic heterocycles. The van der Waals surface area contributed by atoms with Crippen molar-refractivity contribution in [2.24, 2.45) is 11.1 Å². The number of nitrogens with zero attached hydrogens (tertiary/aromatic N) is 1. The first kappa shape index (κ1) is 15.3. The highest BCUT2D eigenvalue weighted by atomic mass is 79.9. The zero-order chi connectivity index (χ0) is 14.3. The Morgan fingerprint density at radius 2 is 2.21 bits per heavy atom. The van der Waals surface area contributed by atoms with Gasteiger partial charge in [0.15, 0.2) is 0 Å². The van der Waals surface area contributed by atoms with Crippen LogP contribution in [0.4, 0.5) is 0 Å². The number of rotatable bonds is 3. The zero-order valence-electron chi connectivity index (χ0n) is 10.6. The van der Waals surface area contributed by atoms with Crippen LogP contribution in [-0.4, -0.2) is 32.4 Å². The SMILES string of the molecule is CC1(CN)CCN(S(=O)(=O)c2ccc(Cl)c(Br)c2)C1. The number of hydrogen-bond donors (Lipinski definition) is 1. The number of halogens is 2. The van der Waals surface area contributed by atoms with Gasteiger partial charge in [-0.3, -0.25) is 0 Å². The van der Waals surface area contributed by atoms with Crippen LogP contribution in [0, 0.1) is 5.41 Å². The molecule has 1 aromatic rings. The Balaban J connectivity index is 2.31. The van der Waals surface area contributed by atoms with Gasteiger partial charge < -0.3 is 5.73 Å². The lowest BCUT2D eigenvalue weighted by Crippen LogP contribution is -2.34. The normalized spacial score (nSPS) is 24.8. The van der Waals surface area contributed by atoms with Gasteiger partial charge in [-0.1, -0.05) is 18.5 Å². The molecule has 0 bridgehead atoms. The topological polar surface area (TPSA) is 63.4 Å². The van der Waals surface area contributed by atoms with Gasteiger partial charge in [-0.25, -0.2) is 8.42 Å². The fourth-order valence-corrected chi connectivity index (χ4v) is 4.40. The predicted octanol–water partition coefficient (Wildman–Crippen LogP) is 2.46. The Kier molecular flexibility index (Phi) is 4.28. The summed E-state index contributed by atoms with van der Waals surface area (Å²) in [6.07, 6.45) is 0.789. The van der Waals surface area contributed by atoms with E-state index >= 15 is 0 Å². The second-order valence-electron chi connectivity index (χ2n) is 5.18. The third-order valence-electron chi connectivity index (χ3n) is 3.54. The van der Waals surface area contributed by atoms with Crippen molar-refractivity contribution in [3.05, 3.63) is 27.7 Å². The number of nitrogens with two attached hydrogens (primary N) is 1. The maximum Gasteiger partial charge on any atom is 0.243 e. The van der Waals surface area contributed by atoms with E-state index in [0.29, 0.717) is 29.1 Å². The summed E-state index contributed by atoms with van der Waals surface area (Å²) < 4.78 is 27.1. The summed E-state index contributed by atoms with van der Waals surface area (Å²) >= 11 is 9.13. The van der Waals surface area contributed by atoms with E-state index in [9.17, 15) is 8.42 Å². The molecule has 1 heterocycles. The second kappa shape index (κ2) is 5.33. The van der Waals surface area contributed by atoms with E-state index in [2.05, 4.69) is 15.9 Å². The third-order valence-corrected chi connectivity index (χ3v) is 6.60. The molecule has 2 rings (SSSR count). The van der Waals surface area contributed by atoms with Gasteiger partial charge in [-0.15, -0.1) is 0 Å². The molecular formula is C12H16BrClN2O2S. The zero-order valence-corrected chi connectivity index (χ0v) is 13.7. The van der Waals surface area contributed by atoms with Gasteiger partial charge in [-0.05, 0) is 52.5 Å². The van der Waals surface area contributed by atoms with Crippen molar-refractivity contribution in [3.8, 4) is 0 Å². The first-order valence-corrected chi connectivity index (χ1v) is 8.55. The van der Waals surface area contributed by atoms with Crippen molar-refractivity contribution in [1.29, 1.82) is 0 Å². The summed E-state index contributed by atoms with van der Waals surface area (Å²) in [4.78, 5) is 0.255. The van der Waals surface area contributed by atoms with Crippen LogP contribution in [0.15, 0.2) is 27.6 Å². The summed E-state index contributed by atoms with van der Waals surface area (Å²) in [7, 11) is -3.47. The molecule has 1 aliphatic heterocycles. The standard InChI is InChI=1S/C12H16BrClN2O2S/c1-12(7-15)4-5-16(8-12)19(17,18)9-2-3-11(14)10(13)6-9/h2-3,6H,4-5,7-8,15H2,1H3. The minimum Gasteiger partial charge on any atom is -0.330 e. The molecule has 106 valence electrons. The lowest BCUT2D eigenvalue weighted by Gasteiger charge is -2.22. The minimum atomic E-state index is -3.47. The summed E-state index contributed by atoms with van der Waals surface area (Å²) in [6.45, 7) is 3.48. The highest BCUT2D eigenvalue weighted by molar-refractivity contribution is 9.10.